The van der Waals surface area contributed by atoms with Crippen LogP contribution >= 0.6 is 0 Å². The molecule has 1 N–H and O–H groups in total. The number of rotatable bonds is 4. The number of likely N-dealkylation sites (N-methyl/N-ethyl adjacent to an activating group) is 1. The number of aliphatic hydroxyl groups is 1. The van der Waals surface area contributed by atoms with E-state index in [4.69, 9.17) is 5.11 Å². The Morgan fingerprint density at radius 3 is 1.92 bits per heavy atom. The second kappa shape index (κ2) is 4.67. The van der Waals surface area contributed by atoms with E-state index in [1.807, 2.05) is 0 Å². The van der Waals surface area contributed by atoms with E-state index in [-0.39, 0.29) is 6.54 Å². The Labute approximate surface area is 70.0 Å². The van der Waals surface area contributed by atoms with E-state index in [2.05, 4.69) is 0 Å². The summed E-state index contributed by atoms with van der Waals surface area (Å²) in [5.41, 5.74) is 0. The van der Waals surface area contributed by atoms with Crippen molar-refractivity contribution in [1.29, 1.82) is 0 Å². The number of hydrogen-bond donors (Lipinski definition) is 1. The Hall–Kier alpha value is -0.290. The van der Waals surface area contributed by atoms with Gasteiger partial charge >= 0.3 is 6.18 Å². The fraction of sp³-hybridized carbons (Fsp3) is 1.00. The number of halogens is 3. The monoisotopic (exact) mass is 185 g/mol. The molecule has 2 nitrogen and oxygen atoms in total. The molecular formula is C7H14F3NO. The van der Waals surface area contributed by atoms with E-state index >= 15 is 0 Å². The third kappa shape index (κ3) is 3.92. The largest absolute Gasteiger partial charge is 0.415 e. The molecular weight excluding hydrogens is 171 g/mol. The van der Waals surface area contributed by atoms with Gasteiger partial charge in [0.15, 0.2) is 6.10 Å². The van der Waals surface area contributed by atoms with Crippen molar-refractivity contribution in [3.05, 3.63) is 0 Å². The summed E-state index contributed by atoms with van der Waals surface area (Å²) in [6.07, 6.45) is -6.72. The molecule has 5 heteroatoms. The zero-order chi connectivity index (χ0) is 9.78. The SMILES string of the molecule is CCN(CC)C[C@H](O)C(F)(F)F. The van der Waals surface area contributed by atoms with Crippen LogP contribution in [0.3, 0.4) is 0 Å². The van der Waals surface area contributed by atoms with Gasteiger partial charge in [0.2, 0.25) is 0 Å². The second-order valence-corrected chi connectivity index (χ2v) is 2.54. The van der Waals surface area contributed by atoms with Crippen LogP contribution in [0.25, 0.3) is 0 Å². The van der Waals surface area contributed by atoms with Crippen molar-refractivity contribution < 1.29 is 18.3 Å². The molecule has 0 aliphatic heterocycles. The molecule has 0 heterocycles. The number of aliphatic hydroxyl groups excluding tert-OH is 1. The van der Waals surface area contributed by atoms with E-state index in [1.54, 1.807) is 13.8 Å². The summed E-state index contributed by atoms with van der Waals surface area (Å²) >= 11 is 0. The second-order valence-electron chi connectivity index (χ2n) is 2.54. The number of hydrogen-bond acceptors (Lipinski definition) is 2. The van der Waals surface area contributed by atoms with Crippen LogP contribution in [0, 0.1) is 0 Å². The van der Waals surface area contributed by atoms with Gasteiger partial charge in [0.1, 0.15) is 0 Å². The van der Waals surface area contributed by atoms with E-state index < -0.39 is 12.3 Å². The minimum absolute atomic E-state index is 0.337. The maximum atomic E-state index is 11.8. The molecule has 0 aromatic heterocycles. The maximum Gasteiger partial charge on any atom is 0.415 e. The van der Waals surface area contributed by atoms with Gasteiger partial charge in [-0.15, -0.1) is 0 Å². The Balaban J connectivity index is 3.90. The van der Waals surface area contributed by atoms with Crippen LogP contribution in [0.2, 0.25) is 0 Å². The van der Waals surface area contributed by atoms with Crippen LogP contribution in [0.15, 0.2) is 0 Å². The van der Waals surface area contributed by atoms with E-state index in [1.165, 1.54) is 4.90 Å². The van der Waals surface area contributed by atoms with Crippen molar-refractivity contribution in [2.45, 2.75) is 26.1 Å². The third-order valence-electron chi connectivity index (χ3n) is 1.70. The fourth-order valence-electron chi connectivity index (χ4n) is 0.830. The average Bonchev–Trinajstić information content (AvgIpc) is 1.97. The Morgan fingerprint density at radius 1 is 1.25 bits per heavy atom. The molecule has 74 valence electrons. The Kier molecular flexibility index (Phi) is 4.55. The molecule has 1 atom stereocenters. The zero-order valence-electron chi connectivity index (χ0n) is 7.23. The lowest BCUT2D eigenvalue weighted by Crippen LogP contribution is -2.40. The molecule has 0 aliphatic carbocycles. The summed E-state index contributed by atoms with van der Waals surface area (Å²) in [5.74, 6) is 0. The molecule has 0 aromatic carbocycles. The van der Waals surface area contributed by atoms with Crippen LogP contribution in [-0.2, 0) is 0 Å². The van der Waals surface area contributed by atoms with Gasteiger partial charge in [0.25, 0.3) is 0 Å². The van der Waals surface area contributed by atoms with Gasteiger partial charge in [-0.1, -0.05) is 13.8 Å². The Bertz CT molecular complexity index is 122. The quantitative estimate of drug-likeness (QED) is 0.712. The summed E-state index contributed by atoms with van der Waals surface area (Å²) in [5, 5.41) is 8.65. The third-order valence-corrected chi connectivity index (χ3v) is 1.70. The predicted molar refractivity (Wildman–Crippen MR) is 39.8 cm³/mol. The summed E-state index contributed by atoms with van der Waals surface area (Å²) < 4.78 is 35.4. The molecule has 0 aromatic rings. The minimum atomic E-state index is -4.50. The molecule has 0 radical (unpaired) electrons. The van der Waals surface area contributed by atoms with Crippen molar-refractivity contribution in [2.24, 2.45) is 0 Å². The van der Waals surface area contributed by atoms with E-state index in [0.29, 0.717) is 13.1 Å². The number of alkyl halides is 3. The lowest BCUT2D eigenvalue weighted by Gasteiger charge is -2.23. The van der Waals surface area contributed by atoms with Crippen LogP contribution in [-0.4, -0.2) is 41.9 Å². The van der Waals surface area contributed by atoms with Gasteiger partial charge in [0.05, 0.1) is 0 Å². The number of nitrogens with zero attached hydrogens (tertiary/aromatic N) is 1. The standard InChI is InChI=1S/C7H14F3NO/c1-3-11(4-2)5-6(12)7(8,9)10/h6,12H,3-5H2,1-2H3/t6-/m0/s1. The van der Waals surface area contributed by atoms with Crippen LogP contribution < -0.4 is 0 Å². The van der Waals surface area contributed by atoms with Crippen molar-refractivity contribution in [3.8, 4) is 0 Å². The molecule has 0 amide bonds. The average molecular weight is 185 g/mol. The highest BCUT2D eigenvalue weighted by Crippen LogP contribution is 2.20. The first-order valence-corrected chi connectivity index (χ1v) is 3.88. The summed E-state index contributed by atoms with van der Waals surface area (Å²) in [6, 6.07) is 0. The predicted octanol–water partition coefficient (Wildman–Crippen LogP) is 1.25. The molecule has 0 saturated heterocycles. The van der Waals surface area contributed by atoms with Crippen molar-refractivity contribution in [1.82, 2.24) is 4.90 Å². The van der Waals surface area contributed by atoms with Crippen LogP contribution in [0.4, 0.5) is 13.2 Å². The van der Waals surface area contributed by atoms with E-state index in [9.17, 15) is 13.2 Å². The van der Waals surface area contributed by atoms with Crippen molar-refractivity contribution >= 4 is 0 Å². The van der Waals surface area contributed by atoms with Crippen molar-refractivity contribution in [3.63, 3.8) is 0 Å². The highest BCUT2D eigenvalue weighted by Gasteiger charge is 2.38. The highest BCUT2D eigenvalue weighted by atomic mass is 19.4. The molecule has 0 bridgehead atoms. The normalized spacial score (nSPS) is 15.2. The molecule has 0 fully saturated rings. The lowest BCUT2D eigenvalue weighted by atomic mass is 10.3. The van der Waals surface area contributed by atoms with Crippen LogP contribution in [0.1, 0.15) is 13.8 Å². The van der Waals surface area contributed by atoms with Gasteiger partial charge in [-0.05, 0) is 13.1 Å². The first-order chi connectivity index (χ1) is 5.41. The first kappa shape index (κ1) is 11.7. The Morgan fingerprint density at radius 2 is 1.67 bits per heavy atom. The molecule has 0 rings (SSSR count). The van der Waals surface area contributed by atoms with Gasteiger partial charge in [0, 0.05) is 6.54 Å². The molecule has 0 spiro atoms. The summed E-state index contributed by atoms with van der Waals surface area (Å²) in [4.78, 5) is 1.53. The maximum absolute atomic E-state index is 11.8. The molecule has 0 aliphatic rings. The summed E-state index contributed by atoms with van der Waals surface area (Å²) in [6.45, 7) is 4.21. The smallest absolute Gasteiger partial charge is 0.382 e. The van der Waals surface area contributed by atoms with E-state index in [0.717, 1.165) is 0 Å². The molecule has 0 unspecified atom stereocenters. The van der Waals surface area contributed by atoms with Gasteiger partial charge in [-0.25, -0.2) is 0 Å². The van der Waals surface area contributed by atoms with Crippen molar-refractivity contribution in [2.75, 3.05) is 19.6 Å². The van der Waals surface area contributed by atoms with Crippen LogP contribution in [0.5, 0.6) is 0 Å². The molecule has 0 saturated carbocycles. The minimum Gasteiger partial charge on any atom is -0.382 e. The van der Waals surface area contributed by atoms with Gasteiger partial charge in [-0.3, -0.25) is 0 Å². The topological polar surface area (TPSA) is 23.5 Å². The lowest BCUT2D eigenvalue weighted by molar-refractivity contribution is -0.207. The van der Waals surface area contributed by atoms with Gasteiger partial charge in [-0.2, -0.15) is 13.2 Å². The zero-order valence-corrected chi connectivity index (χ0v) is 7.23. The fourth-order valence-corrected chi connectivity index (χ4v) is 0.830. The first-order valence-electron chi connectivity index (χ1n) is 3.88. The highest BCUT2D eigenvalue weighted by molar-refractivity contribution is 4.69. The van der Waals surface area contributed by atoms with Gasteiger partial charge < -0.3 is 10.0 Å². The molecule has 12 heavy (non-hydrogen) atoms. The summed E-state index contributed by atoms with van der Waals surface area (Å²) in [7, 11) is 0.